The minimum Gasteiger partial charge on any atom is -0.481 e. The first-order valence-corrected chi connectivity index (χ1v) is 6.41. The van der Waals surface area contributed by atoms with Gasteiger partial charge in [0.05, 0.1) is 0 Å². The van der Waals surface area contributed by atoms with E-state index in [9.17, 15) is 9.59 Å². The summed E-state index contributed by atoms with van der Waals surface area (Å²) in [7, 11) is 0. The number of amides is 1. The summed E-state index contributed by atoms with van der Waals surface area (Å²) >= 11 is 0. The molecule has 0 aliphatic rings. The van der Waals surface area contributed by atoms with Crippen LogP contribution in [-0.2, 0) is 4.79 Å². The van der Waals surface area contributed by atoms with E-state index in [1.807, 2.05) is 0 Å². The third kappa shape index (κ3) is 5.54. The van der Waals surface area contributed by atoms with Gasteiger partial charge in [0.2, 0.25) is 0 Å². The molecule has 1 amide bonds. The smallest absolute Gasteiger partial charge is 0.303 e. The maximum absolute atomic E-state index is 11.6. The summed E-state index contributed by atoms with van der Waals surface area (Å²) in [5.74, 6) is -0.371. The zero-order valence-corrected chi connectivity index (χ0v) is 11.3. The van der Waals surface area contributed by atoms with Gasteiger partial charge in [-0.1, -0.05) is 19.0 Å². The quantitative estimate of drug-likeness (QED) is 0.751. The molecule has 1 rings (SSSR count). The minimum atomic E-state index is -0.780. The van der Waals surface area contributed by atoms with Crippen molar-refractivity contribution in [2.75, 3.05) is 6.54 Å². The fourth-order valence-corrected chi connectivity index (χ4v) is 1.91. The molecule has 0 saturated carbocycles. The SMILES string of the molecule is CC(C)C(CCNC(=O)c1ccon1)CCC(=O)O. The van der Waals surface area contributed by atoms with Crippen LogP contribution in [0.2, 0.25) is 0 Å². The van der Waals surface area contributed by atoms with E-state index < -0.39 is 5.97 Å². The summed E-state index contributed by atoms with van der Waals surface area (Å²) in [6.07, 6.45) is 2.90. The Hall–Kier alpha value is -1.85. The number of carboxylic acids is 1. The molecule has 1 atom stereocenters. The summed E-state index contributed by atoms with van der Waals surface area (Å²) in [6.45, 7) is 4.63. The van der Waals surface area contributed by atoms with Crippen LogP contribution in [0.25, 0.3) is 0 Å². The van der Waals surface area contributed by atoms with Crippen LogP contribution in [0, 0.1) is 11.8 Å². The first-order valence-electron chi connectivity index (χ1n) is 6.41. The average Bonchev–Trinajstić information content (AvgIpc) is 2.86. The van der Waals surface area contributed by atoms with E-state index in [0.717, 1.165) is 6.42 Å². The maximum Gasteiger partial charge on any atom is 0.303 e. The highest BCUT2D eigenvalue weighted by molar-refractivity contribution is 5.91. The summed E-state index contributed by atoms with van der Waals surface area (Å²) in [6, 6.07) is 1.50. The highest BCUT2D eigenvalue weighted by Crippen LogP contribution is 2.20. The molecule has 1 heterocycles. The van der Waals surface area contributed by atoms with Gasteiger partial charge in [0.15, 0.2) is 5.69 Å². The van der Waals surface area contributed by atoms with Crippen LogP contribution >= 0.6 is 0 Å². The van der Waals surface area contributed by atoms with E-state index >= 15 is 0 Å². The van der Waals surface area contributed by atoms with Crippen LogP contribution in [0.3, 0.4) is 0 Å². The number of hydrogen-bond acceptors (Lipinski definition) is 4. The molecule has 1 aromatic rings. The van der Waals surface area contributed by atoms with Crippen molar-refractivity contribution in [2.45, 2.75) is 33.1 Å². The van der Waals surface area contributed by atoms with Crippen LogP contribution in [0.1, 0.15) is 43.6 Å². The van der Waals surface area contributed by atoms with Gasteiger partial charge in [-0.2, -0.15) is 0 Å². The number of hydrogen-bond donors (Lipinski definition) is 2. The largest absolute Gasteiger partial charge is 0.481 e. The van der Waals surface area contributed by atoms with Gasteiger partial charge in [-0.25, -0.2) is 0 Å². The Labute approximate surface area is 112 Å². The first kappa shape index (κ1) is 15.2. The first-order chi connectivity index (χ1) is 9.00. The molecule has 0 radical (unpaired) electrons. The molecule has 1 aromatic heterocycles. The predicted octanol–water partition coefficient (Wildman–Crippen LogP) is 1.93. The van der Waals surface area contributed by atoms with E-state index in [2.05, 4.69) is 28.8 Å². The Morgan fingerprint density at radius 2 is 2.16 bits per heavy atom. The second-order valence-corrected chi connectivity index (χ2v) is 4.87. The van der Waals surface area contributed by atoms with E-state index in [0.29, 0.717) is 18.9 Å². The zero-order valence-electron chi connectivity index (χ0n) is 11.3. The Morgan fingerprint density at radius 1 is 1.42 bits per heavy atom. The summed E-state index contributed by atoms with van der Waals surface area (Å²) < 4.78 is 4.59. The summed E-state index contributed by atoms with van der Waals surface area (Å²) in [4.78, 5) is 22.2. The van der Waals surface area contributed by atoms with E-state index in [1.54, 1.807) is 0 Å². The Balaban J connectivity index is 2.32. The minimum absolute atomic E-state index is 0.167. The zero-order chi connectivity index (χ0) is 14.3. The van der Waals surface area contributed by atoms with Crippen molar-refractivity contribution in [3.05, 3.63) is 18.0 Å². The molecule has 0 aliphatic carbocycles. The van der Waals surface area contributed by atoms with E-state index in [4.69, 9.17) is 5.11 Å². The lowest BCUT2D eigenvalue weighted by atomic mass is 9.88. The number of nitrogens with zero attached hydrogens (tertiary/aromatic N) is 1. The van der Waals surface area contributed by atoms with Crippen molar-refractivity contribution in [2.24, 2.45) is 11.8 Å². The standard InChI is InChI=1S/C13H20N2O4/c1-9(2)10(3-4-12(16)17)5-7-14-13(18)11-6-8-19-15-11/h6,8-10H,3-5,7H2,1-2H3,(H,14,18)(H,16,17). The topological polar surface area (TPSA) is 92.4 Å². The normalized spacial score (nSPS) is 12.4. The van der Waals surface area contributed by atoms with Gasteiger partial charge >= 0.3 is 5.97 Å². The molecule has 19 heavy (non-hydrogen) atoms. The molecule has 0 spiro atoms. The third-order valence-corrected chi connectivity index (χ3v) is 3.14. The monoisotopic (exact) mass is 268 g/mol. The lowest BCUT2D eigenvalue weighted by Gasteiger charge is -2.20. The number of nitrogens with one attached hydrogen (secondary N) is 1. The number of rotatable bonds is 8. The van der Waals surface area contributed by atoms with Crippen molar-refractivity contribution in [3.63, 3.8) is 0 Å². The Morgan fingerprint density at radius 3 is 2.68 bits per heavy atom. The van der Waals surface area contributed by atoms with Gasteiger partial charge < -0.3 is 14.9 Å². The van der Waals surface area contributed by atoms with Gasteiger partial charge in [-0.3, -0.25) is 9.59 Å². The van der Waals surface area contributed by atoms with Gasteiger partial charge in [-0.05, 0) is 24.7 Å². The molecule has 0 aliphatic heterocycles. The van der Waals surface area contributed by atoms with Crippen LogP contribution < -0.4 is 5.32 Å². The van der Waals surface area contributed by atoms with E-state index in [1.165, 1.54) is 12.3 Å². The molecular formula is C13H20N2O4. The van der Waals surface area contributed by atoms with Gasteiger partial charge in [0.1, 0.15) is 6.26 Å². The molecule has 106 valence electrons. The van der Waals surface area contributed by atoms with Crippen LogP contribution in [-0.4, -0.2) is 28.7 Å². The van der Waals surface area contributed by atoms with Gasteiger partial charge in [0, 0.05) is 19.0 Å². The van der Waals surface area contributed by atoms with Crippen LogP contribution in [0.5, 0.6) is 0 Å². The fraction of sp³-hybridized carbons (Fsp3) is 0.615. The van der Waals surface area contributed by atoms with Crippen molar-refractivity contribution in [1.29, 1.82) is 0 Å². The molecule has 0 bridgehead atoms. The molecule has 2 N–H and O–H groups in total. The highest BCUT2D eigenvalue weighted by Gasteiger charge is 2.16. The number of carbonyl (C=O) groups excluding carboxylic acids is 1. The molecular weight excluding hydrogens is 248 g/mol. The number of carboxylic acid groups (broad SMARTS) is 1. The molecule has 6 heteroatoms. The number of aliphatic carboxylic acids is 1. The Bertz CT molecular complexity index is 401. The van der Waals surface area contributed by atoms with Crippen molar-refractivity contribution >= 4 is 11.9 Å². The van der Waals surface area contributed by atoms with Crippen LogP contribution in [0.4, 0.5) is 0 Å². The number of aromatic nitrogens is 1. The summed E-state index contributed by atoms with van der Waals surface area (Å²) in [5.41, 5.74) is 0.256. The molecule has 1 unspecified atom stereocenters. The van der Waals surface area contributed by atoms with E-state index in [-0.39, 0.29) is 23.9 Å². The Kier molecular flexibility index (Phi) is 6.05. The molecule has 6 nitrogen and oxygen atoms in total. The van der Waals surface area contributed by atoms with Crippen molar-refractivity contribution in [3.8, 4) is 0 Å². The fourth-order valence-electron chi connectivity index (χ4n) is 1.91. The number of carbonyl (C=O) groups is 2. The van der Waals surface area contributed by atoms with Gasteiger partial charge in [0.25, 0.3) is 5.91 Å². The second kappa shape index (κ2) is 7.56. The lowest BCUT2D eigenvalue weighted by Crippen LogP contribution is -2.27. The molecule has 0 fully saturated rings. The van der Waals surface area contributed by atoms with Gasteiger partial charge in [-0.15, -0.1) is 0 Å². The lowest BCUT2D eigenvalue weighted by molar-refractivity contribution is -0.137. The van der Waals surface area contributed by atoms with Crippen molar-refractivity contribution < 1.29 is 19.2 Å². The van der Waals surface area contributed by atoms with Crippen molar-refractivity contribution in [1.82, 2.24) is 10.5 Å². The molecule has 0 saturated heterocycles. The third-order valence-electron chi connectivity index (χ3n) is 3.14. The average molecular weight is 268 g/mol. The maximum atomic E-state index is 11.6. The molecule has 0 aromatic carbocycles. The summed E-state index contributed by atoms with van der Waals surface area (Å²) in [5, 5.41) is 15.0. The highest BCUT2D eigenvalue weighted by atomic mass is 16.5. The van der Waals surface area contributed by atoms with Crippen LogP contribution in [0.15, 0.2) is 16.9 Å². The second-order valence-electron chi connectivity index (χ2n) is 4.87. The predicted molar refractivity (Wildman–Crippen MR) is 68.7 cm³/mol.